The number of unbranched alkanes of at least 4 members (excludes halogenated alkanes) is 1. The van der Waals surface area contributed by atoms with Crippen LogP contribution in [0.2, 0.25) is 5.15 Å². The molecular formula is C13H15ClN4O. The van der Waals surface area contributed by atoms with Gasteiger partial charge in [-0.05, 0) is 12.1 Å². The number of H-pyrrole nitrogens is 2. The molecule has 0 unspecified atom stereocenters. The number of fused-ring (bicyclic) bond motifs is 3. The highest BCUT2D eigenvalue weighted by molar-refractivity contribution is 6.30. The van der Waals surface area contributed by atoms with E-state index < -0.39 is 0 Å². The van der Waals surface area contributed by atoms with E-state index in [4.69, 9.17) is 11.6 Å². The van der Waals surface area contributed by atoms with E-state index in [0.29, 0.717) is 27.2 Å². The van der Waals surface area contributed by atoms with E-state index in [0.717, 1.165) is 0 Å². The van der Waals surface area contributed by atoms with Crippen molar-refractivity contribution in [3.05, 3.63) is 34.0 Å². The van der Waals surface area contributed by atoms with Crippen molar-refractivity contribution in [1.29, 1.82) is 0 Å². The van der Waals surface area contributed by atoms with Gasteiger partial charge in [0.05, 0.1) is 22.7 Å². The Labute approximate surface area is 115 Å². The number of pyridine rings is 2. The summed E-state index contributed by atoms with van der Waals surface area (Å²) in [5, 5.41) is 0.374. The molecule has 0 aromatic carbocycles. The van der Waals surface area contributed by atoms with Crippen molar-refractivity contribution in [3.63, 3.8) is 0 Å². The van der Waals surface area contributed by atoms with Crippen molar-refractivity contribution in [2.24, 2.45) is 0 Å². The maximum Gasteiger partial charge on any atom is 0.323 e. The van der Waals surface area contributed by atoms with Crippen LogP contribution in [0.15, 0.2) is 23.1 Å². The lowest BCUT2D eigenvalue weighted by Gasteiger charge is -1.97. The summed E-state index contributed by atoms with van der Waals surface area (Å²) >= 11 is 5.78. The first kappa shape index (κ1) is 13.5. The summed E-state index contributed by atoms with van der Waals surface area (Å²) in [6.07, 6.45) is 4.23. The highest BCUT2D eigenvalue weighted by Crippen LogP contribution is 2.19. The predicted octanol–water partition coefficient (Wildman–Crippen LogP) is 3.26. The minimum Gasteiger partial charge on any atom is -0.304 e. The Bertz CT molecular complexity index is 745. The van der Waals surface area contributed by atoms with Crippen LogP contribution in [0.3, 0.4) is 0 Å². The average Bonchev–Trinajstić information content (AvgIpc) is 2.80. The average molecular weight is 279 g/mol. The lowest BCUT2D eigenvalue weighted by molar-refractivity contribution is 0.886. The van der Waals surface area contributed by atoms with Gasteiger partial charge in [0, 0.05) is 0 Å². The summed E-state index contributed by atoms with van der Waals surface area (Å²) < 4.78 is 0. The predicted molar refractivity (Wildman–Crippen MR) is 77.6 cm³/mol. The summed E-state index contributed by atoms with van der Waals surface area (Å²) in [5.74, 6) is 0. The molecule has 0 saturated heterocycles. The molecule has 0 spiro atoms. The van der Waals surface area contributed by atoms with Crippen LogP contribution < -0.4 is 5.69 Å². The van der Waals surface area contributed by atoms with Gasteiger partial charge in [-0.15, -0.1) is 0 Å². The Morgan fingerprint density at radius 2 is 1.95 bits per heavy atom. The molecule has 3 aromatic rings. The quantitative estimate of drug-likeness (QED) is 0.671. The number of rotatable bonds is 1. The van der Waals surface area contributed by atoms with Gasteiger partial charge in [0.1, 0.15) is 10.7 Å². The molecule has 19 heavy (non-hydrogen) atoms. The SMILES string of the molecule is CCCC.O=c1[nH]c2cnc3ccc(Cl)nc3c2[nH]1. The molecular weight excluding hydrogens is 264 g/mol. The summed E-state index contributed by atoms with van der Waals surface area (Å²) in [5.41, 5.74) is 2.27. The van der Waals surface area contributed by atoms with Crippen molar-refractivity contribution in [3.8, 4) is 0 Å². The maximum atomic E-state index is 11.1. The van der Waals surface area contributed by atoms with Gasteiger partial charge in [-0.3, -0.25) is 4.98 Å². The normalized spacial score (nSPS) is 10.5. The first-order chi connectivity index (χ1) is 9.15. The van der Waals surface area contributed by atoms with Crippen molar-refractivity contribution < 1.29 is 0 Å². The largest absolute Gasteiger partial charge is 0.323 e. The maximum absolute atomic E-state index is 11.1. The molecule has 6 heteroatoms. The molecule has 0 amide bonds. The van der Waals surface area contributed by atoms with Crippen LogP contribution >= 0.6 is 11.6 Å². The molecule has 100 valence electrons. The van der Waals surface area contributed by atoms with Crippen molar-refractivity contribution in [2.75, 3.05) is 0 Å². The molecule has 0 aliphatic carbocycles. The Hall–Kier alpha value is -1.88. The molecule has 0 bridgehead atoms. The lowest BCUT2D eigenvalue weighted by atomic mass is 10.3. The van der Waals surface area contributed by atoms with E-state index in [1.807, 2.05) is 0 Å². The monoisotopic (exact) mass is 278 g/mol. The molecule has 0 radical (unpaired) electrons. The van der Waals surface area contributed by atoms with Gasteiger partial charge in [0.2, 0.25) is 0 Å². The number of nitrogens with zero attached hydrogens (tertiary/aromatic N) is 2. The third-order valence-electron chi connectivity index (χ3n) is 2.67. The second-order valence-corrected chi connectivity index (χ2v) is 4.51. The first-order valence-corrected chi connectivity index (χ1v) is 6.56. The molecule has 5 nitrogen and oxygen atoms in total. The fourth-order valence-corrected chi connectivity index (χ4v) is 1.68. The highest BCUT2D eigenvalue weighted by Gasteiger charge is 2.06. The number of aromatic nitrogens is 4. The Morgan fingerprint density at radius 3 is 2.63 bits per heavy atom. The van der Waals surface area contributed by atoms with Crippen molar-refractivity contribution in [1.82, 2.24) is 19.9 Å². The second kappa shape index (κ2) is 5.84. The van der Waals surface area contributed by atoms with Gasteiger partial charge in [0.15, 0.2) is 0 Å². The van der Waals surface area contributed by atoms with Crippen LogP contribution in [0.25, 0.3) is 22.1 Å². The number of hydrogen-bond donors (Lipinski definition) is 2. The lowest BCUT2D eigenvalue weighted by Crippen LogP contribution is -1.99. The molecule has 0 fully saturated rings. The van der Waals surface area contributed by atoms with Crippen LogP contribution in [-0.4, -0.2) is 19.9 Å². The van der Waals surface area contributed by atoms with E-state index in [-0.39, 0.29) is 5.69 Å². The molecule has 0 aliphatic rings. The molecule has 3 heterocycles. The van der Waals surface area contributed by atoms with E-state index in [1.54, 1.807) is 18.3 Å². The van der Waals surface area contributed by atoms with Gasteiger partial charge in [-0.1, -0.05) is 38.3 Å². The fourth-order valence-electron chi connectivity index (χ4n) is 1.53. The Morgan fingerprint density at radius 1 is 1.21 bits per heavy atom. The van der Waals surface area contributed by atoms with Crippen LogP contribution in [0.5, 0.6) is 0 Å². The number of imidazole rings is 1. The molecule has 0 saturated carbocycles. The molecule has 0 atom stereocenters. The summed E-state index contributed by atoms with van der Waals surface area (Å²) in [7, 11) is 0. The minimum absolute atomic E-state index is 0.277. The van der Waals surface area contributed by atoms with Crippen LogP contribution in [-0.2, 0) is 0 Å². The van der Waals surface area contributed by atoms with Gasteiger partial charge >= 0.3 is 5.69 Å². The summed E-state index contributed by atoms with van der Waals surface area (Å²) in [6, 6.07) is 3.42. The van der Waals surface area contributed by atoms with Gasteiger partial charge in [-0.25, -0.2) is 9.78 Å². The number of hydrogen-bond acceptors (Lipinski definition) is 3. The van der Waals surface area contributed by atoms with Crippen molar-refractivity contribution in [2.45, 2.75) is 26.7 Å². The van der Waals surface area contributed by atoms with Gasteiger partial charge in [-0.2, -0.15) is 0 Å². The van der Waals surface area contributed by atoms with Gasteiger partial charge < -0.3 is 9.97 Å². The number of halogens is 1. The molecule has 3 aromatic heterocycles. The first-order valence-electron chi connectivity index (χ1n) is 6.19. The zero-order valence-electron chi connectivity index (χ0n) is 10.8. The van der Waals surface area contributed by atoms with E-state index in [2.05, 4.69) is 33.8 Å². The number of aromatic amines is 2. The topological polar surface area (TPSA) is 74.4 Å². The van der Waals surface area contributed by atoms with Crippen molar-refractivity contribution >= 4 is 33.7 Å². The zero-order valence-corrected chi connectivity index (χ0v) is 11.6. The Balaban J connectivity index is 0.000000297. The van der Waals surface area contributed by atoms with E-state index in [1.165, 1.54) is 12.8 Å². The molecule has 3 rings (SSSR count). The third-order valence-corrected chi connectivity index (χ3v) is 2.88. The van der Waals surface area contributed by atoms with Crippen LogP contribution in [0.4, 0.5) is 0 Å². The molecule has 0 aliphatic heterocycles. The fraction of sp³-hybridized carbons (Fsp3) is 0.308. The van der Waals surface area contributed by atoms with Crippen LogP contribution in [0, 0.1) is 0 Å². The standard InChI is InChI=1S/C9H5ClN4O.C4H10/c10-6-2-1-4-7(13-6)8-5(3-11-4)12-9(15)14-8;1-3-4-2/h1-3H,(H2,12,14,15);3-4H2,1-2H3. The summed E-state index contributed by atoms with van der Waals surface area (Å²) in [4.78, 5) is 24.7. The minimum atomic E-state index is -0.277. The zero-order chi connectivity index (χ0) is 13.8. The number of nitrogens with one attached hydrogen (secondary N) is 2. The highest BCUT2D eigenvalue weighted by atomic mass is 35.5. The third kappa shape index (κ3) is 2.93. The Kier molecular flexibility index (Phi) is 4.16. The van der Waals surface area contributed by atoms with Crippen LogP contribution in [0.1, 0.15) is 26.7 Å². The van der Waals surface area contributed by atoms with E-state index in [9.17, 15) is 4.79 Å². The van der Waals surface area contributed by atoms with Gasteiger partial charge in [0.25, 0.3) is 0 Å². The second-order valence-electron chi connectivity index (χ2n) is 4.13. The van der Waals surface area contributed by atoms with E-state index >= 15 is 0 Å². The summed E-state index contributed by atoms with van der Waals surface area (Å²) in [6.45, 7) is 4.36. The molecule has 2 N–H and O–H groups in total. The smallest absolute Gasteiger partial charge is 0.304 e.